The lowest BCUT2D eigenvalue weighted by atomic mass is 10.1. The summed E-state index contributed by atoms with van der Waals surface area (Å²) < 4.78 is 17.9. The van der Waals surface area contributed by atoms with Gasteiger partial charge in [-0.05, 0) is 66.4 Å². The molecule has 0 amide bonds. The number of carbonyl (C=O) groups is 1. The predicted octanol–water partition coefficient (Wildman–Crippen LogP) is 9.95. The van der Waals surface area contributed by atoms with Gasteiger partial charge in [0.15, 0.2) is 11.5 Å². The van der Waals surface area contributed by atoms with Crippen LogP contribution in [-0.4, -0.2) is 24.2 Å². The van der Waals surface area contributed by atoms with E-state index in [1.165, 1.54) is 51.4 Å². The molecule has 3 aromatic rings. The van der Waals surface area contributed by atoms with Crippen LogP contribution in [0.3, 0.4) is 0 Å². The molecule has 0 aliphatic heterocycles. The van der Waals surface area contributed by atoms with Crippen LogP contribution in [0.2, 0.25) is 0 Å². The smallest absolute Gasteiger partial charge is 0.343 e. The van der Waals surface area contributed by atoms with Crippen molar-refractivity contribution in [3.8, 4) is 17.2 Å². The molecule has 5 nitrogen and oxygen atoms in total. The normalized spacial score (nSPS) is 11.1. The summed E-state index contributed by atoms with van der Waals surface area (Å²) in [6.45, 7) is 5.71. The molecular weight excluding hydrogens is 510 g/mol. The van der Waals surface area contributed by atoms with Gasteiger partial charge in [0.2, 0.25) is 0 Å². The first kappa shape index (κ1) is 31.9. The zero-order chi connectivity index (χ0) is 29.0. The molecule has 0 bridgehead atoms. The number of ether oxygens (including phenoxy) is 3. The van der Waals surface area contributed by atoms with Crippen LogP contribution < -0.4 is 14.2 Å². The Balaban J connectivity index is 1.57. The Hall–Kier alpha value is -3.60. The zero-order valence-electron chi connectivity index (χ0n) is 25.0. The second-order valence-electron chi connectivity index (χ2n) is 10.5. The molecule has 0 fully saturated rings. The molecular formula is C36H47NO4. The van der Waals surface area contributed by atoms with Crippen molar-refractivity contribution < 1.29 is 19.0 Å². The van der Waals surface area contributed by atoms with Gasteiger partial charge >= 0.3 is 5.97 Å². The quantitative estimate of drug-likeness (QED) is 0.0786. The highest BCUT2D eigenvalue weighted by atomic mass is 16.5. The van der Waals surface area contributed by atoms with Gasteiger partial charge in [-0.25, -0.2) is 4.79 Å². The topological polar surface area (TPSA) is 57.7 Å². The highest BCUT2D eigenvalue weighted by molar-refractivity contribution is 5.92. The number of benzene rings is 2. The fourth-order valence-electron chi connectivity index (χ4n) is 4.48. The maximum Gasteiger partial charge on any atom is 0.343 e. The van der Waals surface area contributed by atoms with Gasteiger partial charge in [-0.1, -0.05) is 102 Å². The molecule has 3 rings (SSSR count). The van der Waals surface area contributed by atoms with Gasteiger partial charge in [0.25, 0.3) is 0 Å². The first-order valence-corrected chi connectivity index (χ1v) is 15.5. The van der Waals surface area contributed by atoms with E-state index in [2.05, 4.69) is 18.8 Å². The van der Waals surface area contributed by atoms with Crippen LogP contribution in [0, 0.1) is 0 Å². The van der Waals surface area contributed by atoms with Crippen molar-refractivity contribution in [2.75, 3.05) is 13.2 Å². The minimum atomic E-state index is -0.419. The molecule has 220 valence electrons. The summed E-state index contributed by atoms with van der Waals surface area (Å²) in [4.78, 5) is 17.0. The van der Waals surface area contributed by atoms with Crippen LogP contribution in [0.4, 0.5) is 0 Å². The average Bonchev–Trinajstić information content (AvgIpc) is 3.00. The summed E-state index contributed by atoms with van der Waals surface area (Å²) in [5.74, 6) is 1.37. The molecule has 0 aliphatic rings. The van der Waals surface area contributed by atoms with E-state index in [0.717, 1.165) is 36.8 Å². The number of carbonyl (C=O) groups excluding carboxylic acids is 1. The fourth-order valence-corrected chi connectivity index (χ4v) is 4.48. The zero-order valence-corrected chi connectivity index (χ0v) is 25.0. The molecule has 0 aliphatic carbocycles. The number of hydrogen-bond donors (Lipinski definition) is 0. The first-order chi connectivity index (χ1) is 20.2. The van der Waals surface area contributed by atoms with E-state index in [9.17, 15) is 4.79 Å². The van der Waals surface area contributed by atoms with Crippen molar-refractivity contribution in [1.82, 2.24) is 4.98 Å². The van der Waals surface area contributed by atoms with Gasteiger partial charge < -0.3 is 14.2 Å². The summed E-state index contributed by atoms with van der Waals surface area (Å²) >= 11 is 0. The van der Waals surface area contributed by atoms with Crippen LogP contribution in [0.1, 0.15) is 112 Å². The Bertz CT molecular complexity index is 1160. The van der Waals surface area contributed by atoms with E-state index < -0.39 is 5.97 Å². The second kappa shape index (κ2) is 19.5. The van der Waals surface area contributed by atoms with Crippen molar-refractivity contribution in [1.29, 1.82) is 0 Å². The van der Waals surface area contributed by atoms with Gasteiger partial charge in [-0.15, -0.1) is 0 Å². The molecule has 0 N–H and O–H groups in total. The molecule has 0 atom stereocenters. The van der Waals surface area contributed by atoms with Crippen molar-refractivity contribution in [2.45, 2.75) is 90.9 Å². The Morgan fingerprint density at radius 1 is 0.634 bits per heavy atom. The van der Waals surface area contributed by atoms with Crippen molar-refractivity contribution >= 4 is 18.1 Å². The number of unbranched alkanes of at least 4 members (excludes halogenated alkanes) is 10. The number of aromatic nitrogens is 1. The van der Waals surface area contributed by atoms with E-state index in [0.29, 0.717) is 36.0 Å². The molecule has 0 unspecified atom stereocenters. The number of esters is 1. The van der Waals surface area contributed by atoms with Crippen LogP contribution in [0.25, 0.3) is 12.2 Å². The van der Waals surface area contributed by atoms with Gasteiger partial charge in [-0.2, -0.15) is 0 Å². The highest BCUT2D eigenvalue weighted by Crippen LogP contribution is 2.30. The van der Waals surface area contributed by atoms with Crippen molar-refractivity contribution in [3.05, 3.63) is 83.7 Å². The lowest BCUT2D eigenvalue weighted by Crippen LogP contribution is -2.10. The summed E-state index contributed by atoms with van der Waals surface area (Å²) in [6, 6.07) is 16.7. The Kier molecular flexibility index (Phi) is 15.2. The number of rotatable bonds is 20. The molecule has 1 heterocycles. The second-order valence-corrected chi connectivity index (χ2v) is 10.5. The Morgan fingerprint density at radius 2 is 1.17 bits per heavy atom. The van der Waals surface area contributed by atoms with Crippen LogP contribution in [0.5, 0.6) is 17.2 Å². The SMILES string of the molecule is CCCCCCCCOc1ccc(C(=O)Oc2ccc(/C=C/c3ccncc3)cc2)cc1OCCCCCCCC. The fraction of sp³-hybridized carbons (Fsp3) is 0.444. The van der Waals surface area contributed by atoms with Crippen LogP contribution >= 0.6 is 0 Å². The van der Waals surface area contributed by atoms with Crippen molar-refractivity contribution in [2.24, 2.45) is 0 Å². The van der Waals surface area contributed by atoms with E-state index in [-0.39, 0.29) is 0 Å². The van der Waals surface area contributed by atoms with E-state index in [4.69, 9.17) is 14.2 Å². The average molecular weight is 558 g/mol. The van der Waals surface area contributed by atoms with E-state index in [1.54, 1.807) is 36.7 Å². The predicted molar refractivity (Wildman–Crippen MR) is 169 cm³/mol. The molecule has 0 spiro atoms. The minimum Gasteiger partial charge on any atom is -0.490 e. The standard InChI is InChI=1S/C36H47NO4/c1-3-5-7-9-11-13-27-39-34-22-19-32(29-35(34)40-28-14-12-10-8-6-4-2)36(38)41-33-20-17-30(18-21-33)15-16-31-23-25-37-26-24-31/h15-26,29H,3-14,27-28H2,1-2H3/b16-15+. The molecule has 41 heavy (non-hydrogen) atoms. The van der Waals surface area contributed by atoms with Crippen LogP contribution in [-0.2, 0) is 0 Å². The van der Waals surface area contributed by atoms with E-state index >= 15 is 0 Å². The molecule has 0 saturated heterocycles. The van der Waals surface area contributed by atoms with Crippen LogP contribution in [0.15, 0.2) is 67.0 Å². The largest absolute Gasteiger partial charge is 0.490 e. The molecule has 0 saturated carbocycles. The molecule has 5 heteroatoms. The Morgan fingerprint density at radius 3 is 1.78 bits per heavy atom. The number of hydrogen-bond acceptors (Lipinski definition) is 5. The van der Waals surface area contributed by atoms with Gasteiger partial charge in [0.1, 0.15) is 5.75 Å². The minimum absolute atomic E-state index is 0.419. The van der Waals surface area contributed by atoms with Gasteiger partial charge in [0, 0.05) is 12.4 Å². The van der Waals surface area contributed by atoms with Crippen molar-refractivity contribution in [3.63, 3.8) is 0 Å². The first-order valence-electron chi connectivity index (χ1n) is 15.5. The highest BCUT2D eigenvalue weighted by Gasteiger charge is 2.14. The molecule has 2 aromatic carbocycles. The summed E-state index contributed by atoms with van der Waals surface area (Å²) in [6.07, 6.45) is 22.0. The maximum atomic E-state index is 13.0. The third-order valence-electron chi connectivity index (χ3n) is 6.96. The summed E-state index contributed by atoms with van der Waals surface area (Å²) in [5, 5.41) is 0. The Labute approximate surface area is 247 Å². The van der Waals surface area contributed by atoms with E-state index in [1.807, 2.05) is 42.5 Å². The number of nitrogens with zero attached hydrogens (tertiary/aromatic N) is 1. The molecule has 0 radical (unpaired) electrons. The van der Waals surface area contributed by atoms with Gasteiger partial charge in [-0.3, -0.25) is 4.98 Å². The monoisotopic (exact) mass is 557 g/mol. The lowest BCUT2D eigenvalue weighted by Gasteiger charge is -2.14. The summed E-state index contributed by atoms with van der Waals surface area (Å²) in [5.41, 5.74) is 2.53. The lowest BCUT2D eigenvalue weighted by molar-refractivity contribution is 0.0734. The number of pyridine rings is 1. The molecule has 1 aromatic heterocycles. The third kappa shape index (κ3) is 12.6. The third-order valence-corrected chi connectivity index (χ3v) is 6.96. The maximum absolute atomic E-state index is 13.0. The summed E-state index contributed by atoms with van der Waals surface area (Å²) in [7, 11) is 0. The van der Waals surface area contributed by atoms with Gasteiger partial charge in [0.05, 0.1) is 18.8 Å².